The van der Waals surface area contributed by atoms with Crippen LogP contribution in [0.1, 0.15) is 24.0 Å². The molecular formula is C13H20N2O3S. The van der Waals surface area contributed by atoms with E-state index in [4.69, 9.17) is 5.73 Å². The van der Waals surface area contributed by atoms with Gasteiger partial charge in [-0.25, -0.2) is 8.42 Å². The molecule has 19 heavy (non-hydrogen) atoms. The van der Waals surface area contributed by atoms with E-state index in [9.17, 15) is 13.5 Å². The van der Waals surface area contributed by atoms with Crippen LogP contribution in [0.2, 0.25) is 0 Å². The van der Waals surface area contributed by atoms with Crippen molar-refractivity contribution in [3.8, 4) is 0 Å². The Morgan fingerprint density at radius 3 is 2.58 bits per heavy atom. The number of aliphatic hydroxyl groups is 1. The van der Waals surface area contributed by atoms with Crippen molar-refractivity contribution >= 4 is 15.7 Å². The molecule has 106 valence electrons. The second-order valence-electron chi connectivity index (χ2n) is 5.13. The average molecular weight is 284 g/mol. The van der Waals surface area contributed by atoms with Gasteiger partial charge in [-0.1, -0.05) is 0 Å². The number of nitrogens with two attached hydrogens (primary N) is 1. The lowest BCUT2D eigenvalue weighted by molar-refractivity contribution is 0.108. The predicted octanol–water partition coefficient (Wildman–Crippen LogP) is 1.03. The first-order valence-electron chi connectivity index (χ1n) is 6.37. The molecule has 1 atom stereocenters. The van der Waals surface area contributed by atoms with E-state index >= 15 is 0 Å². The summed E-state index contributed by atoms with van der Waals surface area (Å²) in [6.45, 7) is 4.34. The van der Waals surface area contributed by atoms with Crippen molar-refractivity contribution in [2.45, 2.75) is 37.7 Å². The van der Waals surface area contributed by atoms with Gasteiger partial charge in [0.1, 0.15) is 4.90 Å². The summed E-state index contributed by atoms with van der Waals surface area (Å²) in [6.07, 6.45) is 0.732. The molecule has 0 saturated carbocycles. The lowest BCUT2D eigenvalue weighted by Crippen LogP contribution is -2.42. The number of hydrogen-bond acceptors (Lipinski definition) is 4. The third kappa shape index (κ3) is 2.75. The number of β-amino-alcohol motifs (C(OH)–C–C–N with tert-alkyl or cyclic N) is 1. The first-order chi connectivity index (χ1) is 8.82. The van der Waals surface area contributed by atoms with E-state index in [-0.39, 0.29) is 17.1 Å². The van der Waals surface area contributed by atoms with E-state index < -0.39 is 16.1 Å². The summed E-state index contributed by atoms with van der Waals surface area (Å²) in [4.78, 5) is 0.143. The van der Waals surface area contributed by atoms with Crippen molar-refractivity contribution in [1.29, 1.82) is 0 Å². The molecule has 1 aliphatic rings. The van der Waals surface area contributed by atoms with Crippen molar-refractivity contribution in [1.82, 2.24) is 4.31 Å². The quantitative estimate of drug-likeness (QED) is 0.795. The summed E-state index contributed by atoms with van der Waals surface area (Å²) in [5, 5.41) is 9.62. The van der Waals surface area contributed by atoms with Crippen LogP contribution >= 0.6 is 0 Å². The summed E-state index contributed by atoms with van der Waals surface area (Å²) in [5.74, 6) is 0. The van der Waals surface area contributed by atoms with Crippen LogP contribution in [0.5, 0.6) is 0 Å². The molecule has 1 aromatic rings. The standard InChI is InChI=1S/C13H20N2O3S/c1-9-6-12(14)13(7-10(9)2)19(17,18)15-5-3-4-11(16)8-15/h6-7,11,16H,3-5,8,14H2,1-2H3. The highest BCUT2D eigenvalue weighted by Gasteiger charge is 2.31. The zero-order chi connectivity index (χ0) is 14.2. The largest absolute Gasteiger partial charge is 0.398 e. The molecule has 6 heteroatoms. The zero-order valence-electron chi connectivity index (χ0n) is 11.3. The van der Waals surface area contributed by atoms with Crippen LogP contribution in [0.3, 0.4) is 0 Å². The maximum absolute atomic E-state index is 12.6. The number of nitrogen functional groups attached to an aromatic ring is 1. The van der Waals surface area contributed by atoms with Gasteiger partial charge < -0.3 is 10.8 Å². The molecule has 1 aliphatic heterocycles. The molecule has 2 rings (SSSR count). The van der Waals surface area contributed by atoms with Crippen LogP contribution in [-0.4, -0.2) is 37.0 Å². The Kier molecular flexibility index (Phi) is 3.85. The van der Waals surface area contributed by atoms with Crippen molar-refractivity contribution < 1.29 is 13.5 Å². The Balaban J connectivity index is 2.42. The number of benzene rings is 1. The molecule has 5 nitrogen and oxygen atoms in total. The van der Waals surface area contributed by atoms with Gasteiger partial charge in [-0.3, -0.25) is 0 Å². The van der Waals surface area contributed by atoms with E-state index in [0.717, 1.165) is 11.1 Å². The first kappa shape index (κ1) is 14.3. The van der Waals surface area contributed by atoms with Gasteiger partial charge in [-0.15, -0.1) is 0 Å². The van der Waals surface area contributed by atoms with Crippen molar-refractivity contribution in [3.05, 3.63) is 23.3 Å². The van der Waals surface area contributed by atoms with E-state index in [1.807, 2.05) is 13.8 Å². The Morgan fingerprint density at radius 1 is 1.32 bits per heavy atom. The molecule has 1 aromatic carbocycles. The van der Waals surface area contributed by atoms with Crippen LogP contribution in [-0.2, 0) is 10.0 Å². The lowest BCUT2D eigenvalue weighted by Gasteiger charge is -2.29. The maximum Gasteiger partial charge on any atom is 0.245 e. The van der Waals surface area contributed by atoms with Gasteiger partial charge in [-0.2, -0.15) is 4.31 Å². The maximum atomic E-state index is 12.6. The third-order valence-electron chi connectivity index (χ3n) is 3.60. The highest BCUT2D eigenvalue weighted by Crippen LogP contribution is 2.27. The number of anilines is 1. The first-order valence-corrected chi connectivity index (χ1v) is 7.81. The Labute approximate surface area is 114 Å². The molecule has 0 aromatic heterocycles. The number of nitrogens with zero attached hydrogens (tertiary/aromatic N) is 1. The van der Waals surface area contributed by atoms with Crippen LogP contribution in [0.4, 0.5) is 5.69 Å². The van der Waals surface area contributed by atoms with E-state index in [2.05, 4.69) is 0 Å². The van der Waals surface area contributed by atoms with Gasteiger partial charge in [0.05, 0.1) is 11.8 Å². The van der Waals surface area contributed by atoms with Gasteiger partial charge in [-0.05, 0) is 49.9 Å². The van der Waals surface area contributed by atoms with Gasteiger partial charge >= 0.3 is 0 Å². The topological polar surface area (TPSA) is 83.6 Å². The molecule has 1 saturated heterocycles. The molecule has 0 amide bonds. The zero-order valence-corrected chi connectivity index (χ0v) is 12.1. The SMILES string of the molecule is Cc1cc(N)c(S(=O)(=O)N2CCCC(O)C2)cc1C. The molecule has 0 spiro atoms. The predicted molar refractivity (Wildman–Crippen MR) is 74.3 cm³/mol. The summed E-state index contributed by atoms with van der Waals surface area (Å²) in [6, 6.07) is 3.30. The lowest BCUT2D eigenvalue weighted by atomic mass is 10.1. The molecular weight excluding hydrogens is 264 g/mol. The number of aliphatic hydroxyl groups excluding tert-OH is 1. The summed E-state index contributed by atoms with van der Waals surface area (Å²) in [7, 11) is -3.62. The Hall–Kier alpha value is -1.11. The van der Waals surface area contributed by atoms with Gasteiger partial charge in [0.2, 0.25) is 10.0 Å². The van der Waals surface area contributed by atoms with E-state index in [1.165, 1.54) is 4.31 Å². The highest BCUT2D eigenvalue weighted by atomic mass is 32.2. The third-order valence-corrected chi connectivity index (χ3v) is 5.52. The number of sulfonamides is 1. The van der Waals surface area contributed by atoms with Crippen molar-refractivity contribution in [2.24, 2.45) is 0 Å². The molecule has 1 fully saturated rings. The number of piperidine rings is 1. The molecule has 0 aliphatic carbocycles. The van der Waals surface area contributed by atoms with Gasteiger partial charge in [0.15, 0.2) is 0 Å². The van der Waals surface area contributed by atoms with Crippen LogP contribution in [0, 0.1) is 13.8 Å². The molecule has 0 radical (unpaired) electrons. The normalized spacial score (nSPS) is 21.5. The minimum atomic E-state index is -3.62. The van der Waals surface area contributed by atoms with E-state index in [0.29, 0.717) is 19.4 Å². The Morgan fingerprint density at radius 2 is 1.95 bits per heavy atom. The smallest absolute Gasteiger partial charge is 0.245 e. The fraction of sp³-hybridized carbons (Fsp3) is 0.538. The molecule has 1 unspecified atom stereocenters. The highest BCUT2D eigenvalue weighted by molar-refractivity contribution is 7.89. The number of aryl methyl sites for hydroxylation is 2. The van der Waals surface area contributed by atoms with Gasteiger partial charge in [0, 0.05) is 13.1 Å². The Bertz CT molecular complexity index is 584. The summed E-state index contributed by atoms with van der Waals surface area (Å²) in [5.41, 5.74) is 7.98. The number of hydrogen-bond donors (Lipinski definition) is 2. The second-order valence-corrected chi connectivity index (χ2v) is 7.04. The molecule has 3 N–H and O–H groups in total. The second kappa shape index (κ2) is 5.11. The van der Waals surface area contributed by atoms with Gasteiger partial charge in [0.25, 0.3) is 0 Å². The minimum absolute atomic E-state index is 0.143. The van der Waals surface area contributed by atoms with Crippen LogP contribution in [0.15, 0.2) is 17.0 Å². The average Bonchev–Trinajstić information content (AvgIpc) is 2.33. The summed E-state index contributed by atoms with van der Waals surface area (Å²) < 4.78 is 26.4. The molecule has 1 heterocycles. The van der Waals surface area contributed by atoms with Crippen LogP contribution in [0.25, 0.3) is 0 Å². The summed E-state index contributed by atoms with van der Waals surface area (Å²) >= 11 is 0. The van der Waals surface area contributed by atoms with Crippen molar-refractivity contribution in [2.75, 3.05) is 18.8 Å². The van der Waals surface area contributed by atoms with Crippen LogP contribution < -0.4 is 5.73 Å². The van der Waals surface area contributed by atoms with Crippen molar-refractivity contribution in [3.63, 3.8) is 0 Å². The van der Waals surface area contributed by atoms with E-state index in [1.54, 1.807) is 12.1 Å². The fourth-order valence-electron chi connectivity index (χ4n) is 2.31. The number of rotatable bonds is 2. The monoisotopic (exact) mass is 284 g/mol. The molecule has 0 bridgehead atoms. The fourth-order valence-corrected chi connectivity index (χ4v) is 4.01. The minimum Gasteiger partial charge on any atom is -0.398 e.